The summed E-state index contributed by atoms with van der Waals surface area (Å²) in [7, 11) is 3.49. The summed E-state index contributed by atoms with van der Waals surface area (Å²) in [6, 6.07) is 1.78. The van der Waals surface area contributed by atoms with Gasteiger partial charge < -0.3 is 15.0 Å². The van der Waals surface area contributed by atoms with E-state index < -0.39 is 0 Å². The van der Waals surface area contributed by atoms with E-state index in [2.05, 4.69) is 0 Å². The molecule has 1 rings (SSSR count). The van der Waals surface area contributed by atoms with Crippen LogP contribution in [0.5, 0.6) is 5.75 Å². The molecule has 9 heavy (non-hydrogen) atoms. The summed E-state index contributed by atoms with van der Waals surface area (Å²) in [6.45, 7) is 0. The quantitative estimate of drug-likeness (QED) is 0.599. The average molecular weight is 126 g/mol. The molecule has 0 saturated heterocycles. The first-order valence-electron chi connectivity index (χ1n) is 2.70. The first-order chi connectivity index (χ1) is 4.24. The Kier molecular flexibility index (Phi) is 1.34. The van der Waals surface area contributed by atoms with Crippen molar-refractivity contribution < 1.29 is 4.74 Å². The highest BCUT2D eigenvalue weighted by Gasteiger charge is 1.95. The molecule has 50 valence electrons. The maximum atomic E-state index is 5.50. The first kappa shape index (κ1) is 6.01. The zero-order valence-corrected chi connectivity index (χ0v) is 5.59. The molecule has 3 nitrogen and oxygen atoms in total. The number of methoxy groups -OCH3 is 1. The fourth-order valence-corrected chi connectivity index (χ4v) is 0.662. The molecule has 0 aliphatic carbocycles. The van der Waals surface area contributed by atoms with Crippen molar-refractivity contribution in [3.8, 4) is 5.75 Å². The summed E-state index contributed by atoms with van der Waals surface area (Å²) in [5.74, 6) is 1.52. The number of rotatable bonds is 1. The number of ether oxygens (including phenoxy) is 1. The average Bonchev–Trinajstić information content (AvgIpc) is 2.13. The van der Waals surface area contributed by atoms with Gasteiger partial charge in [-0.2, -0.15) is 0 Å². The van der Waals surface area contributed by atoms with E-state index in [0.29, 0.717) is 5.82 Å². The number of nitrogens with zero attached hydrogens (tertiary/aromatic N) is 1. The van der Waals surface area contributed by atoms with Crippen LogP contribution in [0.4, 0.5) is 5.82 Å². The van der Waals surface area contributed by atoms with Crippen LogP contribution in [0.1, 0.15) is 0 Å². The lowest BCUT2D eigenvalue weighted by molar-refractivity contribution is 0.414. The Balaban J connectivity index is 2.98. The van der Waals surface area contributed by atoms with Crippen molar-refractivity contribution in [2.75, 3.05) is 12.8 Å². The Morgan fingerprint density at radius 2 is 2.33 bits per heavy atom. The third-order valence-electron chi connectivity index (χ3n) is 1.25. The molecular weight excluding hydrogens is 116 g/mol. The number of hydrogen-bond acceptors (Lipinski definition) is 2. The van der Waals surface area contributed by atoms with E-state index in [4.69, 9.17) is 10.5 Å². The van der Waals surface area contributed by atoms with Gasteiger partial charge >= 0.3 is 0 Å². The van der Waals surface area contributed by atoms with Crippen molar-refractivity contribution in [1.82, 2.24) is 4.57 Å². The number of aromatic nitrogens is 1. The van der Waals surface area contributed by atoms with E-state index >= 15 is 0 Å². The van der Waals surface area contributed by atoms with Gasteiger partial charge in [-0.3, -0.25) is 0 Å². The number of hydrogen-bond donors (Lipinski definition) is 1. The molecule has 3 heteroatoms. The first-order valence-corrected chi connectivity index (χ1v) is 2.70. The van der Waals surface area contributed by atoms with Gasteiger partial charge in [0.1, 0.15) is 11.6 Å². The molecule has 1 heterocycles. The summed E-state index contributed by atoms with van der Waals surface area (Å²) < 4.78 is 6.72. The molecule has 0 aliphatic rings. The topological polar surface area (TPSA) is 40.2 Å². The summed E-state index contributed by atoms with van der Waals surface area (Å²) in [6.07, 6.45) is 1.83. The van der Waals surface area contributed by atoms with Crippen LogP contribution in [-0.4, -0.2) is 11.7 Å². The normalized spacial score (nSPS) is 9.56. The van der Waals surface area contributed by atoms with Gasteiger partial charge in [-0.25, -0.2) is 0 Å². The van der Waals surface area contributed by atoms with Crippen LogP contribution in [0.25, 0.3) is 0 Å². The largest absolute Gasteiger partial charge is 0.495 e. The van der Waals surface area contributed by atoms with Gasteiger partial charge in [-0.15, -0.1) is 0 Å². The zero-order valence-electron chi connectivity index (χ0n) is 5.59. The van der Waals surface area contributed by atoms with E-state index in [1.807, 2.05) is 13.2 Å². The molecule has 0 radical (unpaired) electrons. The summed E-state index contributed by atoms with van der Waals surface area (Å²) in [5, 5.41) is 0. The Labute approximate surface area is 54.0 Å². The minimum Gasteiger partial charge on any atom is -0.495 e. The van der Waals surface area contributed by atoms with Crippen LogP contribution in [0, 0.1) is 0 Å². The molecule has 0 aliphatic heterocycles. The minimum atomic E-state index is 0.715. The molecule has 0 spiro atoms. The molecular formula is C6H10N2O. The smallest absolute Gasteiger partial charge is 0.138 e. The Hall–Kier alpha value is -1.12. The van der Waals surface area contributed by atoms with Gasteiger partial charge in [-0.1, -0.05) is 0 Å². The Morgan fingerprint density at radius 3 is 2.56 bits per heavy atom. The summed E-state index contributed by atoms with van der Waals surface area (Å²) in [5.41, 5.74) is 5.50. The van der Waals surface area contributed by atoms with Gasteiger partial charge in [0.05, 0.1) is 7.11 Å². The molecule has 2 N–H and O–H groups in total. The van der Waals surface area contributed by atoms with Crippen molar-refractivity contribution in [2.45, 2.75) is 0 Å². The van der Waals surface area contributed by atoms with Crippen LogP contribution < -0.4 is 10.5 Å². The van der Waals surface area contributed by atoms with Crippen LogP contribution >= 0.6 is 0 Å². The summed E-state index contributed by atoms with van der Waals surface area (Å²) in [4.78, 5) is 0. The fourth-order valence-electron chi connectivity index (χ4n) is 0.662. The van der Waals surface area contributed by atoms with E-state index in [1.54, 1.807) is 17.7 Å². The zero-order chi connectivity index (χ0) is 6.85. The highest BCUT2D eigenvalue weighted by atomic mass is 16.5. The second-order valence-corrected chi connectivity index (χ2v) is 1.92. The SMILES string of the molecule is COc1cc(N)n(C)c1. The van der Waals surface area contributed by atoms with Crippen molar-refractivity contribution in [1.29, 1.82) is 0 Å². The standard InChI is InChI=1S/C6H10N2O/c1-8-4-5(9-2)3-6(8)7/h3-4H,7H2,1-2H3. The van der Waals surface area contributed by atoms with Crippen molar-refractivity contribution in [3.63, 3.8) is 0 Å². The molecule has 0 fully saturated rings. The fraction of sp³-hybridized carbons (Fsp3) is 0.333. The predicted octanol–water partition coefficient (Wildman–Crippen LogP) is 0.616. The van der Waals surface area contributed by atoms with Gasteiger partial charge in [0.2, 0.25) is 0 Å². The van der Waals surface area contributed by atoms with E-state index in [-0.39, 0.29) is 0 Å². The second kappa shape index (κ2) is 2.01. The van der Waals surface area contributed by atoms with E-state index in [0.717, 1.165) is 5.75 Å². The monoisotopic (exact) mass is 126 g/mol. The molecule has 0 bridgehead atoms. The molecule has 0 unspecified atom stereocenters. The number of nitrogen functional groups attached to an aromatic ring is 1. The van der Waals surface area contributed by atoms with Crippen molar-refractivity contribution in [3.05, 3.63) is 12.3 Å². The van der Waals surface area contributed by atoms with Crippen molar-refractivity contribution in [2.24, 2.45) is 7.05 Å². The van der Waals surface area contributed by atoms with Gasteiger partial charge in [0.15, 0.2) is 0 Å². The maximum absolute atomic E-state index is 5.50. The lowest BCUT2D eigenvalue weighted by Crippen LogP contribution is -1.92. The molecule has 1 aromatic rings. The summed E-state index contributed by atoms with van der Waals surface area (Å²) >= 11 is 0. The minimum absolute atomic E-state index is 0.715. The molecule has 0 saturated carbocycles. The van der Waals surface area contributed by atoms with Crippen LogP contribution in [0.15, 0.2) is 12.3 Å². The van der Waals surface area contributed by atoms with Gasteiger partial charge in [0.25, 0.3) is 0 Å². The number of aryl methyl sites for hydroxylation is 1. The van der Waals surface area contributed by atoms with Gasteiger partial charge in [-0.05, 0) is 0 Å². The van der Waals surface area contributed by atoms with Crippen molar-refractivity contribution >= 4 is 5.82 Å². The highest BCUT2D eigenvalue weighted by Crippen LogP contribution is 2.15. The van der Waals surface area contributed by atoms with Gasteiger partial charge in [0, 0.05) is 19.3 Å². The Bertz CT molecular complexity index is 185. The molecule has 0 amide bonds. The third kappa shape index (κ3) is 0.988. The molecule has 1 aromatic heterocycles. The Morgan fingerprint density at radius 1 is 1.67 bits per heavy atom. The van der Waals surface area contributed by atoms with E-state index in [9.17, 15) is 0 Å². The molecule has 0 aromatic carbocycles. The van der Waals surface area contributed by atoms with Crippen LogP contribution in [0.2, 0.25) is 0 Å². The van der Waals surface area contributed by atoms with Crippen LogP contribution in [-0.2, 0) is 7.05 Å². The predicted molar refractivity (Wildman–Crippen MR) is 36.4 cm³/mol. The number of nitrogens with two attached hydrogens (primary N) is 1. The van der Waals surface area contributed by atoms with E-state index in [1.165, 1.54) is 0 Å². The number of anilines is 1. The third-order valence-corrected chi connectivity index (χ3v) is 1.25. The molecule has 0 atom stereocenters. The maximum Gasteiger partial charge on any atom is 0.138 e. The van der Waals surface area contributed by atoms with Crippen LogP contribution in [0.3, 0.4) is 0 Å². The lowest BCUT2D eigenvalue weighted by Gasteiger charge is -1.90. The highest BCUT2D eigenvalue weighted by molar-refractivity contribution is 5.39. The second-order valence-electron chi connectivity index (χ2n) is 1.92. The lowest BCUT2D eigenvalue weighted by atomic mass is 10.6.